The molecule has 4 atom stereocenters. The van der Waals surface area contributed by atoms with E-state index in [4.69, 9.17) is 16.3 Å². The minimum atomic E-state index is -0.859. The number of hydrogen-bond donors (Lipinski definition) is 3. The lowest BCUT2D eigenvalue weighted by molar-refractivity contribution is -0.0201. The summed E-state index contributed by atoms with van der Waals surface area (Å²) in [6.45, 7) is 7.25. The van der Waals surface area contributed by atoms with Crippen molar-refractivity contribution in [2.75, 3.05) is 23.4 Å². The number of benzene rings is 1. The van der Waals surface area contributed by atoms with Gasteiger partial charge in [-0.05, 0) is 62.1 Å². The maximum absolute atomic E-state index is 12.2. The number of halogens is 1. The van der Waals surface area contributed by atoms with Crippen molar-refractivity contribution in [3.63, 3.8) is 0 Å². The first kappa shape index (κ1) is 28.5. The molecule has 1 aromatic carbocycles. The standard InChI is InChI=1S/C30H38ClN5O4/c1-4-5-6-13-40-29(39)35-27-22(31)15-20-8-7-19(14-23(20)34-27)9-11-30(3)16-24(25(37)26(30)38)36-12-10-21-18(2)32-17-33-28(21)36/h7-8,14-15,17,24-26,37-38H,4-6,9-13,16H2,1-3H3,(H,34,35,39)/t24-,25+,26+,30+/m1/s1. The van der Waals surface area contributed by atoms with Crippen molar-refractivity contribution in [2.24, 2.45) is 5.41 Å². The van der Waals surface area contributed by atoms with Gasteiger partial charge >= 0.3 is 6.09 Å². The molecule has 1 amide bonds. The highest BCUT2D eigenvalue weighted by molar-refractivity contribution is 6.34. The van der Waals surface area contributed by atoms with Crippen LogP contribution in [0.3, 0.4) is 0 Å². The highest BCUT2D eigenvalue weighted by atomic mass is 35.5. The van der Waals surface area contributed by atoms with Crippen molar-refractivity contribution in [1.82, 2.24) is 15.0 Å². The summed E-state index contributed by atoms with van der Waals surface area (Å²) >= 11 is 6.38. The molecule has 0 unspecified atom stereocenters. The third-order valence-corrected chi connectivity index (χ3v) is 8.83. The predicted octanol–water partition coefficient (Wildman–Crippen LogP) is 5.22. The number of nitrogens with one attached hydrogen (secondary N) is 1. The Balaban J connectivity index is 1.26. The number of rotatable bonds is 9. The van der Waals surface area contributed by atoms with Gasteiger partial charge in [0.2, 0.25) is 0 Å². The molecule has 9 nitrogen and oxygen atoms in total. The van der Waals surface area contributed by atoms with Gasteiger partial charge in [-0.3, -0.25) is 5.32 Å². The van der Waals surface area contributed by atoms with Gasteiger partial charge in [0.25, 0.3) is 0 Å². The minimum absolute atomic E-state index is 0.202. The smallest absolute Gasteiger partial charge is 0.412 e. The van der Waals surface area contributed by atoms with E-state index in [1.807, 2.05) is 25.1 Å². The molecule has 1 aliphatic heterocycles. The number of carbonyl (C=O) groups excluding carboxylic acids is 1. The molecule has 5 rings (SSSR count). The second-order valence-corrected chi connectivity index (χ2v) is 11.8. The van der Waals surface area contributed by atoms with Crippen molar-refractivity contribution < 1.29 is 19.7 Å². The molecule has 0 spiro atoms. The van der Waals surface area contributed by atoms with Gasteiger partial charge in [-0.2, -0.15) is 0 Å². The lowest BCUT2D eigenvalue weighted by Crippen LogP contribution is -2.43. The number of aliphatic hydroxyl groups is 2. The molecule has 0 saturated heterocycles. The number of aliphatic hydroxyl groups excluding tert-OH is 2. The van der Waals surface area contributed by atoms with Gasteiger partial charge in [-0.15, -0.1) is 0 Å². The summed E-state index contributed by atoms with van der Waals surface area (Å²) in [7, 11) is 0. The zero-order valence-electron chi connectivity index (χ0n) is 23.4. The maximum Gasteiger partial charge on any atom is 0.412 e. The van der Waals surface area contributed by atoms with Gasteiger partial charge in [0.1, 0.15) is 18.2 Å². The number of unbranched alkanes of at least 4 members (excludes halogenated alkanes) is 2. The lowest BCUT2D eigenvalue weighted by Gasteiger charge is -2.29. The number of pyridine rings is 1. The van der Waals surface area contributed by atoms with Crippen LogP contribution in [0, 0.1) is 12.3 Å². The van der Waals surface area contributed by atoms with Crippen LogP contribution >= 0.6 is 11.6 Å². The van der Waals surface area contributed by atoms with Crippen LogP contribution in [0.5, 0.6) is 0 Å². The maximum atomic E-state index is 12.2. The molecule has 1 fully saturated rings. The van der Waals surface area contributed by atoms with Crippen molar-refractivity contribution in [3.05, 3.63) is 52.4 Å². The van der Waals surface area contributed by atoms with Crippen LogP contribution in [0.1, 0.15) is 62.8 Å². The highest BCUT2D eigenvalue weighted by Gasteiger charge is 2.52. The molecule has 0 radical (unpaired) electrons. The van der Waals surface area contributed by atoms with E-state index in [9.17, 15) is 15.0 Å². The molecule has 10 heteroatoms. The van der Waals surface area contributed by atoms with Gasteiger partial charge in [-0.1, -0.05) is 50.4 Å². The Bertz CT molecular complexity index is 1390. The van der Waals surface area contributed by atoms with Crippen LogP contribution in [0.25, 0.3) is 10.9 Å². The Hall–Kier alpha value is -3.01. The van der Waals surface area contributed by atoms with Crippen molar-refractivity contribution in [2.45, 2.75) is 84.0 Å². The molecule has 40 heavy (non-hydrogen) atoms. The fourth-order valence-corrected chi connectivity index (χ4v) is 6.29. The Labute approximate surface area is 239 Å². The number of fused-ring (bicyclic) bond motifs is 2. The lowest BCUT2D eigenvalue weighted by atomic mass is 9.80. The number of ether oxygens (including phenoxy) is 1. The number of aryl methyl sites for hydroxylation is 2. The van der Waals surface area contributed by atoms with Gasteiger partial charge in [0.05, 0.1) is 29.3 Å². The number of amides is 1. The van der Waals surface area contributed by atoms with Gasteiger partial charge in [0.15, 0.2) is 5.82 Å². The van der Waals surface area contributed by atoms with E-state index in [2.05, 4.69) is 39.0 Å². The van der Waals surface area contributed by atoms with E-state index in [-0.39, 0.29) is 11.9 Å². The van der Waals surface area contributed by atoms with E-state index in [1.54, 1.807) is 12.4 Å². The van der Waals surface area contributed by atoms with E-state index >= 15 is 0 Å². The third kappa shape index (κ3) is 5.73. The molecule has 3 N–H and O–H groups in total. The van der Waals surface area contributed by atoms with Crippen LogP contribution in [-0.2, 0) is 17.6 Å². The summed E-state index contributed by atoms with van der Waals surface area (Å²) in [6.07, 6.45) is 5.07. The first-order valence-corrected chi connectivity index (χ1v) is 14.5. The van der Waals surface area contributed by atoms with Crippen LogP contribution in [0.15, 0.2) is 30.6 Å². The monoisotopic (exact) mass is 567 g/mol. The summed E-state index contributed by atoms with van der Waals surface area (Å²) in [5.41, 5.74) is 3.39. The Morgan fingerprint density at radius 3 is 2.88 bits per heavy atom. The third-order valence-electron chi connectivity index (χ3n) is 8.54. The molecule has 1 aliphatic carbocycles. The largest absolute Gasteiger partial charge is 0.449 e. The van der Waals surface area contributed by atoms with E-state index in [1.165, 1.54) is 0 Å². The molecule has 2 aliphatic rings. The van der Waals surface area contributed by atoms with Gasteiger partial charge in [0, 0.05) is 23.2 Å². The quantitative estimate of drug-likeness (QED) is 0.301. The number of aromatic nitrogens is 3. The van der Waals surface area contributed by atoms with E-state index in [0.29, 0.717) is 36.4 Å². The molecule has 3 heterocycles. The zero-order chi connectivity index (χ0) is 28.4. The summed E-state index contributed by atoms with van der Waals surface area (Å²) in [6, 6.07) is 7.56. The van der Waals surface area contributed by atoms with Crippen LogP contribution in [-0.4, -0.2) is 62.7 Å². The summed E-state index contributed by atoms with van der Waals surface area (Å²) in [5.74, 6) is 1.14. The Kier molecular flexibility index (Phi) is 8.44. The number of nitrogens with zero attached hydrogens (tertiary/aromatic N) is 4. The molecule has 3 aromatic rings. The highest BCUT2D eigenvalue weighted by Crippen LogP contribution is 2.46. The summed E-state index contributed by atoms with van der Waals surface area (Å²) in [4.78, 5) is 27.7. The van der Waals surface area contributed by atoms with Crippen molar-refractivity contribution >= 4 is 40.2 Å². The SMILES string of the molecule is CCCCCOC(=O)Nc1nc2cc(CC[C@@]3(C)C[C@@H](N4CCc5c(C)ncnc54)[C@H](O)[C@@H]3O)ccc2cc1Cl. The average molecular weight is 568 g/mol. The minimum Gasteiger partial charge on any atom is -0.449 e. The fourth-order valence-electron chi connectivity index (χ4n) is 6.09. The van der Waals surface area contributed by atoms with Crippen LogP contribution in [0.4, 0.5) is 16.4 Å². The van der Waals surface area contributed by atoms with Crippen LogP contribution < -0.4 is 10.2 Å². The molecule has 1 saturated carbocycles. The Morgan fingerprint density at radius 2 is 2.08 bits per heavy atom. The summed E-state index contributed by atoms with van der Waals surface area (Å²) in [5, 5.41) is 26.1. The second kappa shape index (κ2) is 11.8. The topological polar surface area (TPSA) is 121 Å². The van der Waals surface area contributed by atoms with Crippen LogP contribution in [0.2, 0.25) is 5.02 Å². The number of anilines is 2. The molecule has 2 aromatic heterocycles. The van der Waals surface area contributed by atoms with Crippen molar-refractivity contribution in [3.8, 4) is 0 Å². The normalized spacial score (nSPS) is 23.9. The zero-order valence-corrected chi connectivity index (χ0v) is 24.1. The van der Waals surface area contributed by atoms with Gasteiger partial charge < -0.3 is 19.8 Å². The van der Waals surface area contributed by atoms with Gasteiger partial charge in [-0.25, -0.2) is 19.7 Å². The van der Waals surface area contributed by atoms with E-state index in [0.717, 1.165) is 60.3 Å². The number of hydrogen-bond acceptors (Lipinski definition) is 8. The number of carbonyl (C=O) groups is 1. The fraction of sp³-hybridized carbons (Fsp3) is 0.533. The average Bonchev–Trinajstić information content (AvgIpc) is 3.46. The predicted molar refractivity (Wildman–Crippen MR) is 156 cm³/mol. The summed E-state index contributed by atoms with van der Waals surface area (Å²) < 4.78 is 5.23. The first-order chi connectivity index (χ1) is 19.2. The first-order valence-electron chi connectivity index (χ1n) is 14.2. The molecular formula is C30H38ClN5O4. The Morgan fingerprint density at radius 1 is 1.25 bits per heavy atom. The second-order valence-electron chi connectivity index (χ2n) is 11.4. The molecule has 214 valence electrons. The van der Waals surface area contributed by atoms with Crippen molar-refractivity contribution in [1.29, 1.82) is 0 Å². The van der Waals surface area contributed by atoms with E-state index < -0.39 is 23.7 Å². The molecule has 0 bridgehead atoms. The molecular weight excluding hydrogens is 530 g/mol.